The van der Waals surface area contributed by atoms with E-state index in [0.29, 0.717) is 68.2 Å². The van der Waals surface area contributed by atoms with E-state index in [1.807, 2.05) is 12.1 Å². The van der Waals surface area contributed by atoms with Crippen molar-refractivity contribution in [3.63, 3.8) is 0 Å². The predicted octanol–water partition coefficient (Wildman–Crippen LogP) is -0.275. The van der Waals surface area contributed by atoms with Crippen molar-refractivity contribution in [3.8, 4) is 11.5 Å². The van der Waals surface area contributed by atoms with Crippen molar-refractivity contribution in [2.75, 3.05) is 32.8 Å². The largest absolute Gasteiger partial charge is 0.485 e. The highest BCUT2D eigenvalue weighted by Gasteiger charge is 2.33. The maximum atomic E-state index is 12.9. The minimum Gasteiger partial charge on any atom is -0.485 e. The Bertz CT molecular complexity index is 1430. The maximum absolute atomic E-state index is 12.9. The Morgan fingerprint density at radius 3 is 2.44 bits per heavy atom. The number of hydrogen-bond acceptors (Lipinski definition) is 7. The van der Waals surface area contributed by atoms with Gasteiger partial charge in [0.25, 0.3) is 11.5 Å². The minimum absolute atomic E-state index is 0.00185. The van der Waals surface area contributed by atoms with E-state index in [0.717, 1.165) is 4.57 Å². The van der Waals surface area contributed by atoms with E-state index >= 15 is 0 Å². The number of imidazole rings is 1. The first kappa shape index (κ1) is 23.6. The topological polar surface area (TPSA) is 121 Å². The summed E-state index contributed by atoms with van der Waals surface area (Å²) >= 11 is 0. The molecule has 0 N–H and O–H groups in total. The quantitative estimate of drug-likeness (QED) is 0.477. The number of carbonyl (C=O) groups excluding carboxylic acids is 2. The molecule has 0 radical (unpaired) electrons. The number of hydrogen-bond donors (Lipinski definition) is 0. The van der Waals surface area contributed by atoms with Crippen LogP contribution >= 0.6 is 0 Å². The molecule has 1 aromatic carbocycles. The Morgan fingerprint density at radius 2 is 1.69 bits per heavy atom. The lowest BCUT2D eigenvalue weighted by Gasteiger charge is -2.37. The van der Waals surface area contributed by atoms with Gasteiger partial charge in [-0.1, -0.05) is 12.1 Å². The first-order valence-electron chi connectivity index (χ1n) is 11.9. The number of amides is 2. The van der Waals surface area contributed by atoms with E-state index in [2.05, 4.69) is 4.98 Å². The van der Waals surface area contributed by atoms with Crippen LogP contribution in [0.3, 0.4) is 0 Å². The first-order chi connectivity index (χ1) is 17.3. The third kappa shape index (κ3) is 4.23. The zero-order valence-electron chi connectivity index (χ0n) is 20.3. The van der Waals surface area contributed by atoms with Crippen LogP contribution in [-0.4, -0.2) is 79.2 Å². The molecular formula is C24H28N6O6. The molecule has 2 amide bonds. The highest BCUT2D eigenvalue weighted by atomic mass is 16.6. The van der Waals surface area contributed by atoms with Crippen LogP contribution < -0.4 is 20.7 Å². The van der Waals surface area contributed by atoms with Crippen LogP contribution in [0, 0.1) is 0 Å². The first-order valence-corrected chi connectivity index (χ1v) is 11.9. The van der Waals surface area contributed by atoms with Crippen molar-refractivity contribution in [1.29, 1.82) is 0 Å². The summed E-state index contributed by atoms with van der Waals surface area (Å²) in [6, 6.07) is 7.26. The molecule has 3 aromatic rings. The Kier molecular flexibility index (Phi) is 6.25. The molecule has 0 saturated carbocycles. The van der Waals surface area contributed by atoms with E-state index in [1.165, 1.54) is 17.9 Å². The lowest BCUT2D eigenvalue weighted by atomic mass is 10.2. The van der Waals surface area contributed by atoms with Crippen LogP contribution in [0.1, 0.15) is 12.8 Å². The fraction of sp³-hybridized carbons (Fsp3) is 0.458. The fourth-order valence-electron chi connectivity index (χ4n) is 4.65. The highest BCUT2D eigenvalue weighted by Crippen LogP contribution is 2.31. The average molecular weight is 497 g/mol. The zero-order valence-corrected chi connectivity index (χ0v) is 20.3. The van der Waals surface area contributed by atoms with E-state index < -0.39 is 17.4 Å². The van der Waals surface area contributed by atoms with E-state index in [4.69, 9.17) is 9.47 Å². The van der Waals surface area contributed by atoms with Crippen molar-refractivity contribution < 1.29 is 19.1 Å². The lowest BCUT2D eigenvalue weighted by molar-refractivity contribution is -0.146. The van der Waals surface area contributed by atoms with E-state index in [1.54, 1.807) is 33.5 Å². The molecule has 2 aliphatic heterocycles. The fourth-order valence-corrected chi connectivity index (χ4v) is 4.65. The molecule has 2 aromatic heterocycles. The molecule has 1 atom stereocenters. The van der Waals surface area contributed by atoms with Gasteiger partial charge in [0.2, 0.25) is 12.0 Å². The lowest BCUT2D eigenvalue weighted by Crippen LogP contribution is -2.55. The summed E-state index contributed by atoms with van der Waals surface area (Å²) in [5.41, 5.74) is -0.173. The molecule has 2 aliphatic rings. The molecule has 12 nitrogen and oxygen atoms in total. The number of benzene rings is 1. The minimum atomic E-state index is -0.695. The van der Waals surface area contributed by atoms with Gasteiger partial charge in [-0.15, -0.1) is 0 Å². The molecule has 1 fully saturated rings. The molecule has 0 spiro atoms. The number of nitrogens with zero attached hydrogens (tertiary/aromatic N) is 6. The van der Waals surface area contributed by atoms with Gasteiger partial charge in [0.05, 0.1) is 6.33 Å². The van der Waals surface area contributed by atoms with Crippen LogP contribution in [0.2, 0.25) is 0 Å². The molecule has 4 heterocycles. The van der Waals surface area contributed by atoms with Gasteiger partial charge in [0.15, 0.2) is 22.7 Å². The van der Waals surface area contributed by atoms with Gasteiger partial charge >= 0.3 is 5.69 Å². The number of piperazine rings is 1. The van der Waals surface area contributed by atoms with E-state index in [-0.39, 0.29) is 18.4 Å². The molecular weight excluding hydrogens is 468 g/mol. The molecule has 12 heteroatoms. The van der Waals surface area contributed by atoms with Crippen molar-refractivity contribution in [3.05, 3.63) is 51.4 Å². The number of carbonyl (C=O) groups is 2. The normalized spacial score (nSPS) is 17.4. The smallest absolute Gasteiger partial charge is 0.332 e. The van der Waals surface area contributed by atoms with Gasteiger partial charge < -0.3 is 23.8 Å². The van der Waals surface area contributed by atoms with Crippen LogP contribution in [0.4, 0.5) is 0 Å². The third-order valence-corrected chi connectivity index (χ3v) is 6.73. The molecule has 5 rings (SSSR count). The van der Waals surface area contributed by atoms with Crippen molar-refractivity contribution in [1.82, 2.24) is 28.5 Å². The second kappa shape index (κ2) is 9.51. The number of aryl methyl sites for hydroxylation is 2. The predicted molar refractivity (Wildman–Crippen MR) is 129 cm³/mol. The second-order valence-electron chi connectivity index (χ2n) is 8.99. The summed E-state index contributed by atoms with van der Waals surface area (Å²) in [4.78, 5) is 58.0. The van der Waals surface area contributed by atoms with Crippen molar-refractivity contribution >= 4 is 23.0 Å². The summed E-state index contributed by atoms with van der Waals surface area (Å²) in [6.45, 7) is 2.35. The summed E-state index contributed by atoms with van der Waals surface area (Å²) in [7, 11) is 3.00. The number of fused-ring (bicyclic) bond motifs is 2. The molecule has 36 heavy (non-hydrogen) atoms. The van der Waals surface area contributed by atoms with Crippen LogP contribution in [0.5, 0.6) is 11.5 Å². The zero-order chi connectivity index (χ0) is 25.4. The van der Waals surface area contributed by atoms with Gasteiger partial charge in [-0.25, -0.2) is 9.78 Å². The Balaban J connectivity index is 1.12. The number of para-hydroxylation sites is 2. The van der Waals surface area contributed by atoms with Crippen LogP contribution in [0.25, 0.3) is 11.2 Å². The molecule has 0 unspecified atom stereocenters. The van der Waals surface area contributed by atoms with Gasteiger partial charge in [0.1, 0.15) is 6.61 Å². The number of ether oxygens (including phenoxy) is 2. The number of rotatable bonds is 5. The Morgan fingerprint density at radius 1 is 1.00 bits per heavy atom. The SMILES string of the molecule is Cn1c(=O)c2c(ncn2CCCC(=O)N2CCN(C(=O)[C@@H]3COc4ccccc4O3)CC2)n(C)c1=O. The summed E-state index contributed by atoms with van der Waals surface area (Å²) in [5.74, 6) is 1.05. The van der Waals surface area contributed by atoms with Gasteiger partial charge in [-0.3, -0.25) is 23.5 Å². The van der Waals surface area contributed by atoms with Crippen molar-refractivity contribution in [2.24, 2.45) is 14.1 Å². The highest BCUT2D eigenvalue weighted by molar-refractivity contribution is 5.82. The monoisotopic (exact) mass is 496 g/mol. The standard InChI is InChI=1S/C24H28N6O6/c1-26-21-20(23(33)27(2)24(26)34)30(15-25-21)9-5-8-19(31)28-10-12-29(13-11-28)22(32)18-14-35-16-6-3-4-7-17(16)36-18/h3-4,6-7,15,18H,5,8-14H2,1-2H3/t18-/m0/s1. The Hall–Kier alpha value is -4.09. The average Bonchev–Trinajstić information content (AvgIpc) is 3.34. The molecule has 0 aliphatic carbocycles. The summed E-state index contributed by atoms with van der Waals surface area (Å²) in [5, 5.41) is 0. The van der Waals surface area contributed by atoms with Crippen LogP contribution in [0.15, 0.2) is 40.2 Å². The van der Waals surface area contributed by atoms with E-state index in [9.17, 15) is 19.2 Å². The molecule has 0 bridgehead atoms. The summed E-state index contributed by atoms with van der Waals surface area (Å²) in [6.07, 6.45) is 1.65. The van der Waals surface area contributed by atoms with Gasteiger partial charge in [-0.05, 0) is 18.6 Å². The van der Waals surface area contributed by atoms with Gasteiger partial charge in [-0.2, -0.15) is 0 Å². The van der Waals surface area contributed by atoms with Crippen LogP contribution in [-0.2, 0) is 30.2 Å². The second-order valence-corrected chi connectivity index (χ2v) is 8.99. The third-order valence-electron chi connectivity index (χ3n) is 6.73. The van der Waals surface area contributed by atoms with Crippen molar-refractivity contribution in [2.45, 2.75) is 25.5 Å². The maximum Gasteiger partial charge on any atom is 0.332 e. The summed E-state index contributed by atoms with van der Waals surface area (Å²) < 4.78 is 15.6. The Labute approximate surface area is 206 Å². The molecule has 1 saturated heterocycles. The van der Waals surface area contributed by atoms with Gasteiger partial charge in [0, 0.05) is 53.2 Å². The number of aromatic nitrogens is 4. The molecule has 190 valence electrons.